The first-order chi connectivity index (χ1) is 14.8. The number of nitrogens with zero attached hydrogens (tertiary/aromatic N) is 2. The smallest absolute Gasteiger partial charge is 0.417 e. The van der Waals surface area contributed by atoms with Gasteiger partial charge in [-0.25, -0.2) is 4.68 Å². The molecule has 1 aliphatic rings. The van der Waals surface area contributed by atoms with Gasteiger partial charge in [0.15, 0.2) is 0 Å². The topological polar surface area (TPSA) is 56.1 Å². The molecular weight excluding hydrogens is 431 g/mol. The number of fused-ring (bicyclic) bond motifs is 1. The van der Waals surface area contributed by atoms with Gasteiger partial charge in [-0.15, -0.1) is 0 Å². The van der Waals surface area contributed by atoms with Gasteiger partial charge in [-0.05, 0) is 61.7 Å². The lowest BCUT2D eigenvalue weighted by Gasteiger charge is -2.24. The first-order valence-corrected chi connectivity index (χ1v) is 10.0. The van der Waals surface area contributed by atoms with Crippen molar-refractivity contribution in [3.63, 3.8) is 0 Å². The summed E-state index contributed by atoms with van der Waals surface area (Å²) < 4.78 is 46.4. The van der Waals surface area contributed by atoms with Crippen LogP contribution in [0.1, 0.15) is 46.1 Å². The van der Waals surface area contributed by atoms with Crippen molar-refractivity contribution in [2.75, 3.05) is 7.11 Å². The minimum Gasteiger partial charge on any atom is -0.497 e. The first-order valence-electron chi connectivity index (χ1n) is 9.67. The van der Waals surface area contributed by atoms with Crippen LogP contribution >= 0.6 is 11.6 Å². The molecule has 0 saturated carbocycles. The molecule has 162 valence electrons. The van der Waals surface area contributed by atoms with Crippen LogP contribution in [0.3, 0.4) is 0 Å². The Bertz CT molecular complexity index is 1110. The van der Waals surface area contributed by atoms with E-state index in [1.807, 2.05) is 28.9 Å². The highest BCUT2D eigenvalue weighted by atomic mass is 35.5. The molecular formula is C22H19ClF3N3O2. The van der Waals surface area contributed by atoms with E-state index < -0.39 is 22.7 Å². The molecule has 1 N–H and O–H groups in total. The number of amides is 1. The fraction of sp³-hybridized carbons (Fsp3) is 0.273. The van der Waals surface area contributed by atoms with Crippen molar-refractivity contribution in [3.05, 3.63) is 76.1 Å². The predicted octanol–water partition coefficient (Wildman–Crippen LogP) is 5.36. The van der Waals surface area contributed by atoms with E-state index in [1.165, 1.54) is 6.07 Å². The summed E-state index contributed by atoms with van der Waals surface area (Å²) in [7, 11) is 1.59. The molecule has 1 aromatic heterocycles. The molecule has 0 bridgehead atoms. The van der Waals surface area contributed by atoms with Crippen molar-refractivity contribution in [3.8, 4) is 11.4 Å². The van der Waals surface area contributed by atoms with Gasteiger partial charge in [-0.2, -0.15) is 18.3 Å². The van der Waals surface area contributed by atoms with Crippen molar-refractivity contribution in [2.24, 2.45) is 0 Å². The Hall–Kier alpha value is -3.00. The number of carbonyl (C=O) groups excluding carboxylic acids is 1. The lowest BCUT2D eigenvalue weighted by Crippen LogP contribution is -2.31. The predicted molar refractivity (Wildman–Crippen MR) is 110 cm³/mol. The van der Waals surface area contributed by atoms with Crippen molar-refractivity contribution in [1.82, 2.24) is 15.1 Å². The first kappa shape index (κ1) is 21.2. The average Bonchev–Trinajstić information content (AvgIpc) is 3.18. The molecule has 31 heavy (non-hydrogen) atoms. The summed E-state index contributed by atoms with van der Waals surface area (Å²) in [6, 6.07) is 10.3. The summed E-state index contributed by atoms with van der Waals surface area (Å²) in [5.41, 5.74) is 1.57. The zero-order chi connectivity index (χ0) is 22.2. The SMILES string of the molecule is COc1ccc(-n2ncc3c2CCCC3NC(=O)c2ccc(Cl)c(C(F)(F)F)c2)cc1. The molecule has 1 atom stereocenters. The number of alkyl halides is 3. The van der Waals surface area contributed by atoms with Crippen molar-refractivity contribution in [1.29, 1.82) is 0 Å². The number of rotatable bonds is 4. The minimum absolute atomic E-state index is 0.0913. The van der Waals surface area contributed by atoms with Crippen molar-refractivity contribution >= 4 is 17.5 Å². The van der Waals surface area contributed by atoms with Gasteiger partial charge >= 0.3 is 6.18 Å². The Morgan fingerprint density at radius 3 is 2.65 bits per heavy atom. The maximum Gasteiger partial charge on any atom is 0.417 e. The van der Waals surface area contributed by atoms with Crippen molar-refractivity contribution < 1.29 is 22.7 Å². The molecule has 0 saturated heterocycles. The molecule has 0 fully saturated rings. The van der Waals surface area contributed by atoms with Crippen LogP contribution in [0.5, 0.6) is 5.75 Å². The summed E-state index contributed by atoms with van der Waals surface area (Å²) in [4.78, 5) is 12.7. The molecule has 5 nitrogen and oxygen atoms in total. The molecule has 0 radical (unpaired) electrons. The lowest BCUT2D eigenvalue weighted by atomic mass is 9.92. The molecule has 2 aromatic carbocycles. The number of carbonyl (C=O) groups is 1. The Morgan fingerprint density at radius 2 is 1.97 bits per heavy atom. The number of benzene rings is 2. The molecule has 0 aliphatic heterocycles. The summed E-state index contributed by atoms with van der Waals surface area (Å²) in [5.74, 6) is 0.147. The second kappa shape index (κ2) is 8.26. The summed E-state index contributed by atoms with van der Waals surface area (Å²) in [6.07, 6.45) is -0.661. The van der Waals surface area contributed by atoms with Gasteiger partial charge < -0.3 is 10.1 Å². The summed E-state index contributed by atoms with van der Waals surface area (Å²) in [5, 5.41) is 6.88. The van der Waals surface area contributed by atoms with Crippen molar-refractivity contribution in [2.45, 2.75) is 31.5 Å². The standard InChI is InChI=1S/C22H19ClF3N3O2/c1-31-15-8-6-14(7-9-15)29-20-4-2-3-19(16(20)12-27-29)28-21(30)13-5-10-18(23)17(11-13)22(24,25)26/h5-12,19H,2-4H2,1H3,(H,28,30). The van der Waals surface area contributed by atoms with Crippen LogP contribution in [0.15, 0.2) is 48.7 Å². The maximum atomic E-state index is 13.1. The second-order valence-electron chi connectivity index (χ2n) is 7.27. The second-order valence-corrected chi connectivity index (χ2v) is 7.67. The Morgan fingerprint density at radius 1 is 1.23 bits per heavy atom. The third-order valence-electron chi connectivity index (χ3n) is 5.34. The highest BCUT2D eigenvalue weighted by Crippen LogP contribution is 2.36. The fourth-order valence-electron chi connectivity index (χ4n) is 3.78. The molecule has 1 aliphatic carbocycles. The van der Waals surface area contributed by atoms with Crippen LogP contribution in [-0.2, 0) is 12.6 Å². The van der Waals surface area contributed by atoms with Crippen LogP contribution in [0.25, 0.3) is 5.69 Å². The highest BCUT2D eigenvalue weighted by Gasteiger charge is 2.34. The third-order valence-corrected chi connectivity index (χ3v) is 5.67. The molecule has 1 heterocycles. The van der Waals surface area contributed by atoms with Gasteiger partial charge in [0.1, 0.15) is 5.75 Å². The molecule has 1 amide bonds. The zero-order valence-electron chi connectivity index (χ0n) is 16.5. The highest BCUT2D eigenvalue weighted by molar-refractivity contribution is 6.31. The monoisotopic (exact) mass is 449 g/mol. The molecule has 3 aromatic rings. The average molecular weight is 450 g/mol. The Labute approximate surface area is 181 Å². The molecule has 0 spiro atoms. The van der Waals surface area contributed by atoms with Gasteiger partial charge in [-0.3, -0.25) is 4.79 Å². The van der Waals surface area contributed by atoms with Crippen LogP contribution in [-0.4, -0.2) is 22.8 Å². The van der Waals surface area contributed by atoms with E-state index in [0.717, 1.165) is 47.7 Å². The quantitative estimate of drug-likeness (QED) is 0.583. The van der Waals surface area contributed by atoms with Crippen LogP contribution in [0.4, 0.5) is 13.2 Å². The largest absolute Gasteiger partial charge is 0.497 e. The van der Waals surface area contributed by atoms with Crippen LogP contribution in [0, 0.1) is 0 Å². The Kier molecular flexibility index (Phi) is 5.66. The van der Waals surface area contributed by atoms with E-state index in [4.69, 9.17) is 16.3 Å². The number of hydrogen-bond donors (Lipinski definition) is 1. The van der Waals surface area contributed by atoms with Gasteiger partial charge in [-0.1, -0.05) is 11.6 Å². The molecule has 4 rings (SSSR count). The van der Waals surface area contributed by atoms with E-state index >= 15 is 0 Å². The summed E-state index contributed by atoms with van der Waals surface area (Å²) in [6.45, 7) is 0. The number of methoxy groups -OCH3 is 1. The zero-order valence-corrected chi connectivity index (χ0v) is 17.3. The van der Waals surface area contributed by atoms with E-state index in [0.29, 0.717) is 6.42 Å². The van der Waals surface area contributed by atoms with Crippen LogP contribution < -0.4 is 10.1 Å². The van der Waals surface area contributed by atoms with Gasteiger partial charge in [0.2, 0.25) is 0 Å². The van der Waals surface area contributed by atoms with E-state index in [-0.39, 0.29) is 11.6 Å². The minimum atomic E-state index is -4.63. The van der Waals surface area contributed by atoms with E-state index in [2.05, 4.69) is 10.4 Å². The Balaban J connectivity index is 1.58. The van der Waals surface area contributed by atoms with Crippen LogP contribution in [0.2, 0.25) is 5.02 Å². The molecule has 1 unspecified atom stereocenters. The number of aromatic nitrogens is 2. The molecule has 9 heteroatoms. The fourth-order valence-corrected chi connectivity index (χ4v) is 4.00. The van der Waals surface area contributed by atoms with Gasteiger partial charge in [0.05, 0.1) is 35.6 Å². The third kappa shape index (κ3) is 4.25. The number of hydrogen-bond acceptors (Lipinski definition) is 3. The van der Waals surface area contributed by atoms with E-state index in [9.17, 15) is 18.0 Å². The number of halogens is 4. The summed E-state index contributed by atoms with van der Waals surface area (Å²) >= 11 is 5.65. The maximum absolute atomic E-state index is 13.1. The number of nitrogens with one attached hydrogen (secondary N) is 1. The normalized spacial score (nSPS) is 16.0. The van der Waals surface area contributed by atoms with E-state index in [1.54, 1.807) is 13.3 Å². The number of ether oxygens (including phenoxy) is 1. The van der Waals surface area contributed by atoms with Gasteiger partial charge in [0, 0.05) is 16.8 Å². The lowest BCUT2D eigenvalue weighted by molar-refractivity contribution is -0.137. The van der Waals surface area contributed by atoms with Gasteiger partial charge in [0.25, 0.3) is 5.91 Å².